The average molecular weight is 429 g/mol. The molecule has 138 valence electrons. The Labute approximate surface area is 164 Å². The minimum Gasteiger partial charge on any atom is -0.358 e. The van der Waals surface area contributed by atoms with Crippen LogP contribution in [-0.2, 0) is 13.0 Å². The lowest BCUT2D eigenvalue weighted by Crippen LogP contribution is -2.13. The number of rotatable bonds is 6. The molecule has 1 amide bonds. The van der Waals surface area contributed by atoms with Crippen molar-refractivity contribution in [2.45, 2.75) is 19.9 Å². The van der Waals surface area contributed by atoms with Crippen LogP contribution < -0.4 is 5.32 Å². The molecule has 0 spiro atoms. The zero-order valence-electron chi connectivity index (χ0n) is 14.6. The predicted octanol–water partition coefficient (Wildman–Crippen LogP) is 4.42. The highest BCUT2D eigenvalue weighted by atomic mass is 79.9. The van der Waals surface area contributed by atoms with Crippen molar-refractivity contribution in [1.29, 1.82) is 0 Å². The van der Waals surface area contributed by atoms with Gasteiger partial charge in [0.05, 0.1) is 17.8 Å². The van der Waals surface area contributed by atoms with Crippen molar-refractivity contribution >= 4 is 33.3 Å². The molecule has 7 nitrogen and oxygen atoms in total. The third-order valence-electron chi connectivity index (χ3n) is 4.08. The van der Waals surface area contributed by atoms with Gasteiger partial charge in [0.15, 0.2) is 0 Å². The van der Waals surface area contributed by atoms with Gasteiger partial charge in [0.1, 0.15) is 4.47 Å². The third-order valence-corrected chi connectivity index (χ3v) is 4.64. The van der Waals surface area contributed by atoms with Gasteiger partial charge in [0, 0.05) is 11.3 Å². The van der Waals surface area contributed by atoms with E-state index in [0.29, 0.717) is 16.6 Å². The second-order valence-electron chi connectivity index (χ2n) is 5.92. The number of benzene rings is 2. The Bertz CT molecular complexity index is 983. The summed E-state index contributed by atoms with van der Waals surface area (Å²) < 4.78 is 1.81. The van der Waals surface area contributed by atoms with Crippen molar-refractivity contribution in [3.8, 4) is 0 Å². The van der Waals surface area contributed by atoms with Gasteiger partial charge in [-0.15, -0.1) is 0 Å². The van der Waals surface area contributed by atoms with Gasteiger partial charge >= 0.3 is 5.82 Å². The molecule has 1 N–H and O–H groups in total. The number of para-hydroxylation sites is 1. The van der Waals surface area contributed by atoms with Gasteiger partial charge in [-0.1, -0.05) is 37.3 Å². The summed E-state index contributed by atoms with van der Waals surface area (Å²) >= 11 is 3.13. The fourth-order valence-corrected chi connectivity index (χ4v) is 3.15. The summed E-state index contributed by atoms with van der Waals surface area (Å²) in [5, 5.41) is 17.7. The van der Waals surface area contributed by atoms with Crippen LogP contribution in [0.3, 0.4) is 0 Å². The molecule has 0 saturated heterocycles. The Morgan fingerprint density at radius 3 is 2.56 bits per heavy atom. The third kappa shape index (κ3) is 4.40. The summed E-state index contributed by atoms with van der Waals surface area (Å²) in [6.45, 7) is 2.41. The van der Waals surface area contributed by atoms with E-state index in [9.17, 15) is 14.9 Å². The zero-order valence-corrected chi connectivity index (χ0v) is 16.1. The average Bonchev–Trinajstić information content (AvgIpc) is 3.03. The van der Waals surface area contributed by atoms with Gasteiger partial charge in [-0.05, 0) is 56.6 Å². The Balaban J connectivity index is 1.70. The van der Waals surface area contributed by atoms with Crippen LogP contribution in [0.5, 0.6) is 0 Å². The minimum atomic E-state index is -0.540. The highest BCUT2D eigenvalue weighted by Crippen LogP contribution is 2.22. The van der Waals surface area contributed by atoms with E-state index in [0.717, 1.165) is 23.2 Å². The topological polar surface area (TPSA) is 90.1 Å². The minimum absolute atomic E-state index is 0.181. The fourth-order valence-electron chi connectivity index (χ4n) is 2.69. The van der Waals surface area contributed by atoms with Gasteiger partial charge < -0.3 is 15.4 Å². The van der Waals surface area contributed by atoms with E-state index in [1.807, 2.05) is 43.3 Å². The van der Waals surface area contributed by atoms with Crippen LogP contribution >= 0.6 is 15.9 Å². The number of aryl methyl sites for hydroxylation is 1. The Kier molecular flexibility index (Phi) is 5.66. The van der Waals surface area contributed by atoms with Crippen LogP contribution in [0.4, 0.5) is 11.5 Å². The molecule has 0 atom stereocenters. The number of nitrogens with zero attached hydrogens (tertiary/aromatic N) is 3. The highest BCUT2D eigenvalue weighted by Gasteiger charge is 2.18. The first kappa shape index (κ1) is 18.8. The van der Waals surface area contributed by atoms with Crippen LogP contribution in [0.15, 0.2) is 59.2 Å². The lowest BCUT2D eigenvalue weighted by atomic mass is 10.1. The zero-order chi connectivity index (χ0) is 19.4. The van der Waals surface area contributed by atoms with Crippen LogP contribution in [0.25, 0.3) is 0 Å². The van der Waals surface area contributed by atoms with E-state index < -0.39 is 4.92 Å². The lowest BCUT2D eigenvalue weighted by molar-refractivity contribution is -0.390. The molecule has 2 aromatic carbocycles. The van der Waals surface area contributed by atoms with E-state index in [4.69, 9.17) is 0 Å². The number of nitrogens with one attached hydrogen (secondary N) is 1. The smallest absolute Gasteiger partial charge is 0.358 e. The molecule has 0 saturated carbocycles. The fraction of sp³-hybridized carbons (Fsp3) is 0.158. The maximum atomic E-state index is 12.5. The lowest BCUT2D eigenvalue weighted by Gasteiger charge is -2.10. The summed E-state index contributed by atoms with van der Waals surface area (Å²) in [6.07, 6.45) is 2.39. The van der Waals surface area contributed by atoms with E-state index >= 15 is 0 Å². The molecule has 0 aliphatic carbocycles. The summed E-state index contributed by atoms with van der Waals surface area (Å²) in [7, 11) is 0. The first-order valence-corrected chi connectivity index (χ1v) is 9.12. The number of hydrogen-bond acceptors (Lipinski definition) is 4. The van der Waals surface area contributed by atoms with E-state index in [-0.39, 0.29) is 11.7 Å². The number of aromatic nitrogens is 2. The highest BCUT2D eigenvalue weighted by molar-refractivity contribution is 9.10. The summed E-state index contributed by atoms with van der Waals surface area (Å²) in [6, 6.07) is 14.8. The molecule has 1 heterocycles. The number of hydrogen-bond donors (Lipinski definition) is 1. The van der Waals surface area contributed by atoms with Crippen molar-refractivity contribution in [2.75, 3.05) is 5.32 Å². The Morgan fingerprint density at radius 1 is 1.22 bits per heavy atom. The first-order valence-electron chi connectivity index (χ1n) is 8.33. The maximum absolute atomic E-state index is 12.5. The summed E-state index contributed by atoms with van der Waals surface area (Å²) in [5.74, 6) is -0.402. The maximum Gasteiger partial charge on any atom is 0.404 e. The van der Waals surface area contributed by atoms with Gasteiger partial charge in [0.2, 0.25) is 0 Å². The van der Waals surface area contributed by atoms with Crippen molar-refractivity contribution in [2.24, 2.45) is 0 Å². The normalized spacial score (nSPS) is 10.6. The number of halogens is 1. The number of carbonyl (C=O) groups excluding carboxylic acids is 1. The molecule has 0 aliphatic rings. The Hall–Kier alpha value is -3.00. The van der Waals surface area contributed by atoms with E-state index in [1.165, 1.54) is 4.68 Å². The van der Waals surface area contributed by atoms with Crippen molar-refractivity contribution in [3.63, 3.8) is 0 Å². The summed E-state index contributed by atoms with van der Waals surface area (Å²) in [5.41, 5.74) is 3.30. The standard InChI is InChI=1S/C19H17BrN4O3/c1-2-14-5-3-4-6-17(14)21-19(25)15-9-7-13(8-10-15)11-23-12-16(20)18(22-23)24(26)27/h3-10,12H,2,11H2,1H3,(H,21,25). The van der Waals surface area contributed by atoms with Gasteiger partial charge in [-0.2, -0.15) is 4.68 Å². The molecule has 0 bridgehead atoms. The molecular formula is C19H17BrN4O3. The van der Waals surface area contributed by atoms with Crippen molar-refractivity contribution < 1.29 is 9.72 Å². The predicted molar refractivity (Wildman–Crippen MR) is 106 cm³/mol. The largest absolute Gasteiger partial charge is 0.404 e. The quantitative estimate of drug-likeness (QED) is 0.464. The summed E-state index contributed by atoms with van der Waals surface area (Å²) in [4.78, 5) is 22.8. The second-order valence-corrected chi connectivity index (χ2v) is 6.77. The monoisotopic (exact) mass is 428 g/mol. The molecule has 1 aromatic heterocycles. The van der Waals surface area contributed by atoms with Crippen LogP contribution in [0.2, 0.25) is 0 Å². The van der Waals surface area contributed by atoms with Crippen LogP contribution in [0.1, 0.15) is 28.4 Å². The van der Waals surface area contributed by atoms with E-state index in [1.54, 1.807) is 18.3 Å². The number of nitro groups is 1. The van der Waals surface area contributed by atoms with Crippen LogP contribution in [0, 0.1) is 10.1 Å². The molecule has 8 heteroatoms. The molecular weight excluding hydrogens is 412 g/mol. The number of anilines is 1. The molecule has 0 radical (unpaired) electrons. The molecule has 3 aromatic rings. The van der Waals surface area contributed by atoms with Gasteiger partial charge in [-0.25, -0.2) is 0 Å². The molecule has 0 unspecified atom stereocenters. The molecule has 27 heavy (non-hydrogen) atoms. The Morgan fingerprint density at radius 2 is 1.93 bits per heavy atom. The van der Waals surface area contributed by atoms with Gasteiger partial charge in [-0.3, -0.25) is 4.79 Å². The number of amides is 1. The molecule has 0 fully saturated rings. The van der Waals surface area contributed by atoms with Crippen molar-refractivity contribution in [1.82, 2.24) is 9.78 Å². The van der Waals surface area contributed by atoms with Crippen molar-refractivity contribution in [3.05, 3.63) is 86.0 Å². The second kappa shape index (κ2) is 8.13. The van der Waals surface area contributed by atoms with Crippen LogP contribution in [-0.4, -0.2) is 20.6 Å². The number of carbonyl (C=O) groups is 1. The molecule has 3 rings (SSSR count). The SMILES string of the molecule is CCc1ccccc1NC(=O)c1ccc(Cn2cc(Br)c([N+](=O)[O-])n2)cc1. The molecule has 0 aliphatic heterocycles. The van der Waals surface area contributed by atoms with E-state index in [2.05, 4.69) is 26.3 Å². The first-order chi connectivity index (χ1) is 13.0. The van der Waals surface area contributed by atoms with Gasteiger partial charge in [0.25, 0.3) is 5.91 Å².